The standard InChI is InChI=1S/C13H11BrO2/c14-12-4-3-9-7-11(2-1-10(9)8-12)13-15-5-6-16-13/h1-4,7-8,13H,5-6H2. The van der Waals surface area contributed by atoms with Gasteiger partial charge in [0.25, 0.3) is 0 Å². The molecule has 1 heterocycles. The van der Waals surface area contributed by atoms with Crippen LogP contribution in [0.2, 0.25) is 0 Å². The highest BCUT2D eigenvalue weighted by atomic mass is 79.9. The Morgan fingerprint density at radius 2 is 1.62 bits per heavy atom. The minimum Gasteiger partial charge on any atom is -0.346 e. The Hall–Kier alpha value is -0.900. The molecule has 2 aromatic carbocycles. The predicted molar refractivity (Wildman–Crippen MR) is 66.3 cm³/mol. The Morgan fingerprint density at radius 1 is 0.938 bits per heavy atom. The maximum Gasteiger partial charge on any atom is 0.184 e. The number of halogens is 1. The fourth-order valence-electron chi connectivity index (χ4n) is 1.93. The normalized spacial score (nSPS) is 17.1. The molecule has 0 unspecified atom stereocenters. The van der Waals surface area contributed by atoms with Crippen molar-refractivity contribution < 1.29 is 9.47 Å². The predicted octanol–water partition coefficient (Wildman–Crippen LogP) is 3.65. The molecule has 82 valence electrons. The SMILES string of the molecule is Brc1ccc2cc(C3OCCO3)ccc2c1. The molecule has 3 rings (SSSR count). The first kappa shape index (κ1) is 10.3. The fraction of sp³-hybridized carbons (Fsp3) is 0.231. The number of hydrogen-bond donors (Lipinski definition) is 0. The lowest BCUT2D eigenvalue weighted by atomic mass is 10.1. The van der Waals surface area contributed by atoms with Gasteiger partial charge < -0.3 is 9.47 Å². The van der Waals surface area contributed by atoms with E-state index < -0.39 is 0 Å². The first-order valence-electron chi connectivity index (χ1n) is 5.25. The minimum absolute atomic E-state index is 0.187. The zero-order valence-electron chi connectivity index (χ0n) is 8.65. The Labute approximate surface area is 102 Å². The zero-order chi connectivity index (χ0) is 11.0. The van der Waals surface area contributed by atoms with Crippen molar-refractivity contribution in [3.05, 3.63) is 46.4 Å². The molecular formula is C13H11BrO2. The molecular weight excluding hydrogens is 268 g/mol. The second kappa shape index (κ2) is 4.17. The molecule has 0 atom stereocenters. The molecule has 16 heavy (non-hydrogen) atoms. The second-order valence-electron chi connectivity index (χ2n) is 3.82. The minimum atomic E-state index is -0.187. The van der Waals surface area contributed by atoms with E-state index in [1.807, 2.05) is 6.07 Å². The lowest BCUT2D eigenvalue weighted by Crippen LogP contribution is -1.97. The van der Waals surface area contributed by atoms with Crippen molar-refractivity contribution in [1.82, 2.24) is 0 Å². The summed E-state index contributed by atoms with van der Waals surface area (Å²) in [4.78, 5) is 0. The van der Waals surface area contributed by atoms with Crippen LogP contribution in [0.25, 0.3) is 10.8 Å². The van der Waals surface area contributed by atoms with Crippen LogP contribution in [-0.2, 0) is 9.47 Å². The third kappa shape index (κ3) is 1.86. The van der Waals surface area contributed by atoms with Gasteiger partial charge in [-0.05, 0) is 29.0 Å². The van der Waals surface area contributed by atoms with E-state index >= 15 is 0 Å². The molecule has 1 saturated heterocycles. The second-order valence-corrected chi connectivity index (χ2v) is 4.74. The van der Waals surface area contributed by atoms with Crippen molar-refractivity contribution in [2.24, 2.45) is 0 Å². The summed E-state index contributed by atoms with van der Waals surface area (Å²) in [5, 5.41) is 2.43. The Balaban J connectivity index is 2.05. The summed E-state index contributed by atoms with van der Waals surface area (Å²) in [7, 11) is 0. The molecule has 0 amide bonds. The molecule has 2 nitrogen and oxygen atoms in total. The fourth-order valence-corrected chi connectivity index (χ4v) is 2.31. The molecule has 0 spiro atoms. The highest BCUT2D eigenvalue weighted by Gasteiger charge is 2.18. The first-order chi connectivity index (χ1) is 7.83. The van der Waals surface area contributed by atoms with E-state index in [0.717, 1.165) is 10.0 Å². The van der Waals surface area contributed by atoms with Crippen molar-refractivity contribution >= 4 is 26.7 Å². The zero-order valence-corrected chi connectivity index (χ0v) is 10.2. The summed E-state index contributed by atoms with van der Waals surface area (Å²) in [5.41, 5.74) is 1.09. The van der Waals surface area contributed by atoms with Crippen LogP contribution in [0.3, 0.4) is 0 Å². The van der Waals surface area contributed by atoms with E-state index in [0.29, 0.717) is 13.2 Å². The van der Waals surface area contributed by atoms with Crippen LogP contribution in [0.5, 0.6) is 0 Å². The summed E-state index contributed by atoms with van der Waals surface area (Å²) in [6, 6.07) is 12.5. The molecule has 1 aliphatic rings. The van der Waals surface area contributed by atoms with E-state index in [4.69, 9.17) is 9.47 Å². The van der Waals surface area contributed by atoms with E-state index in [2.05, 4.69) is 46.3 Å². The topological polar surface area (TPSA) is 18.5 Å². The van der Waals surface area contributed by atoms with Gasteiger partial charge in [0.05, 0.1) is 13.2 Å². The van der Waals surface area contributed by atoms with Gasteiger partial charge in [-0.25, -0.2) is 0 Å². The van der Waals surface area contributed by atoms with Crippen LogP contribution in [0.4, 0.5) is 0 Å². The summed E-state index contributed by atoms with van der Waals surface area (Å²) in [5.74, 6) is 0. The van der Waals surface area contributed by atoms with Crippen molar-refractivity contribution in [3.63, 3.8) is 0 Å². The Kier molecular flexibility index (Phi) is 2.67. The molecule has 0 aliphatic carbocycles. The lowest BCUT2D eigenvalue weighted by Gasteiger charge is -2.10. The Morgan fingerprint density at radius 3 is 2.44 bits per heavy atom. The third-order valence-electron chi connectivity index (χ3n) is 2.72. The summed E-state index contributed by atoms with van der Waals surface area (Å²) in [6.45, 7) is 1.37. The van der Waals surface area contributed by atoms with Crippen molar-refractivity contribution in [2.75, 3.05) is 13.2 Å². The van der Waals surface area contributed by atoms with Crippen LogP contribution in [0.1, 0.15) is 11.9 Å². The van der Waals surface area contributed by atoms with Gasteiger partial charge in [0.1, 0.15) is 0 Å². The first-order valence-corrected chi connectivity index (χ1v) is 6.05. The van der Waals surface area contributed by atoms with Gasteiger partial charge in [-0.15, -0.1) is 0 Å². The number of benzene rings is 2. The maximum absolute atomic E-state index is 5.48. The van der Waals surface area contributed by atoms with Gasteiger partial charge in [0.2, 0.25) is 0 Å². The number of ether oxygens (including phenoxy) is 2. The molecule has 1 fully saturated rings. The molecule has 0 saturated carbocycles. The average Bonchev–Trinajstić information content (AvgIpc) is 2.82. The van der Waals surface area contributed by atoms with Gasteiger partial charge in [0, 0.05) is 10.0 Å². The molecule has 0 radical (unpaired) electrons. The molecule has 0 bridgehead atoms. The average molecular weight is 279 g/mol. The Bertz CT molecular complexity index is 518. The number of fused-ring (bicyclic) bond motifs is 1. The van der Waals surface area contributed by atoms with Crippen LogP contribution >= 0.6 is 15.9 Å². The van der Waals surface area contributed by atoms with Gasteiger partial charge in [-0.1, -0.05) is 34.1 Å². The largest absolute Gasteiger partial charge is 0.346 e. The van der Waals surface area contributed by atoms with Crippen LogP contribution < -0.4 is 0 Å². The van der Waals surface area contributed by atoms with Crippen molar-refractivity contribution in [3.8, 4) is 0 Å². The quantitative estimate of drug-likeness (QED) is 0.793. The number of hydrogen-bond acceptors (Lipinski definition) is 2. The van der Waals surface area contributed by atoms with Crippen LogP contribution in [0.15, 0.2) is 40.9 Å². The monoisotopic (exact) mass is 278 g/mol. The molecule has 0 N–H and O–H groups in total. The van der Waals surface area contributed by atoms with E-state index in [1.165, 1.54) is 10.8 Å². The highest BCUT2D eigenvalue weighted by molar-refractivity contribution is 9.10. The molecule has 3 heteroatoms. The smallest absolute Gasteiger partial charge is 0.184 e. The maximum atomic E-state index is 5.48. The molecule has 2 aromatic rings. The van der Waals surface area contributed by atoms with E-state index in [9.17, 15) is 0 Å². The summed E-state index contributed by atoms with van der Waals surface area (Å²) >= 11 is 3.47. The molecule has 0 aromatic heterocycles. The van der Waals surface area contributed by atoms with Gasteiger partial charge in [0.15, 0.2) is 6.29 Å². The van der Waals surface area contributed by atoms with Crippen molar-refractivity contribution in [2.45, 2.75) is 6.29 Å². The third-order valence-corrected chi connectivity index (χ3v) is 3.21. The highest BCUT2D eigenvalue weighted by Crippen LogP contribution is 2.27. The van der Waals surface area contributed by atoms with E-state index in [1.54, 1.807) is 0 Å². The number of rotatable bonds is 1. The van der Waals surface area contributed by atoms with Crippen LogP contribution in [0, 0.1) is 0 Å². The van der Waals surface area contributed by atoms with E-state index in [-0.39, 0.29) is 6.29 Å². The van der Waals surface area contributed by atoms with Gasteiger partial charge in [-0.3, -0.25) is 0 Å². The van der Waals surface area contributed by atoms with Gasteiger partial charge >= 0.3 is 0 Å². The lowest BCUT2D eigenvalue weighted by molar-refractivity contribution is -0.0440. The van der Waals surface area contributed by atoms with Crippen molar-refractivity contribution in [1.29, 1.82) is 0 Å². The summed E-state index contributed by atoms with van der Waals surface area (Å²) in [6.07, 6.45) is -0.187. The van der Waals surface area contributed by atoms with Gasteiger partial charge in [-0.2, -0.15) is 0 Å². The van der Waals surface area contributed by atoms with Crippen LogP contribution in [-0.4, -0.2) is 13.2 Å². The summed E-state index contributed by atoms with van der Waals surface area (Å²) < 4.78 is 12.1. The molecule has 1 aliphatic heterocycles.